The van der Waals surface area contributed by atoms with E-state index < -0.39 is 144 Å². The Morgan fingerprint density at radius 1 is 0.667 bits per heavy atom. The standard InChI is InChI=1S/C67H77F2N15O13S2/c1-67-17-3-18-84(67)65(96)53(21-36-6-11-44(85)12-7-36)82-61(92)49(15-10-43-30-72-35-76-43)79-64(95)52(26-58(88)89)81-63(94)51(23-40-29-74-48-14-9-42(69)25-46(40)48)80-62(93)50(22-39-28-73-47-13-8-41(68)24-45(39)47)77-57(87)31-75-60(91)54(27-70)78-56(86)16-19-98-32-37-4-2-5-38(20-37)33-99-34-55(59(71)90)83-66(67)97/h2,4-9,11-14,20,24-25,28-30,35,49-55,73-74,85H,3,10,15-19,21-23,26-27,31-34,70H2,1H3,(H2,71,90)(H,72,76)(H,75,91)(H,77,87)(H,78,86)(H,79,95)(H,80,93)(H,81,94)(H,82,92)(H,83,97)(H,88,89)/t49-,50-,51-,52-,53-,54-,55-,67-/m0/s1. The van der Waals surface area contributed by atoms with Crippen LogP contribution < -0.4 is 54.0 Å². The zero-order chi connectivity index (χ0) is 70.9. The summed E-state index contributed by atoms with van der Waals surface area (Å²) in [5, 5.41) is 41.8. The van der Waals surface area contributed by atoms with Crippen molar-refractivity contribution in [3.05, 3.63) is 155 Å². The summed E-state index contributed by atoms with van der Waals surface area (Å²) in [6.07, 6.45) is 3.67. The van der Waals surface area contributed by atoms with Gasteiger partial charge in [-0.25, -0.2) is 13.8 Å². The minimum Gasteiger partial charge on any atom is -0.508 e. The number of primary amides is 1. The predicted molar refractivity (Wildman–Crippen MR) is 362 cm³/mol. The van der Waals surface area contributed by atoms with E-state index in [1.54, 1.807) is 0 Å². The summed E-state index contributed by atoms with van der Waals surface area (Å²) in [4.78, 5) is 170. The number of fused-ring (bicyclic) bond motifs is 5. The molecule has 9 rings (SSSR count). The van der Waals surface area contributed by atoms with Crippen molar-refractivity contribution < 1.29 is 71.7 Å². The van der Waals surface area contributed by atoms with E-state index >= 15 is 14.4 Å². The van der Waals surface area contributed by atoms with Crippen molar-refractivity contribution in [2.45, 2.75) is 124 Å². The second-order valence-electron chi connectivity index (χ2n) is 24.4. The van der Waals surface area contributed by atoms with Gasteiger partial charge in [-0.1, -0.05) is 36.4 Å². The largest absolute Gasteiger partial charge is 0.508 e. The number of hydrogen-bond donors (Lipinski definition) is 15. The number of carbonyl (C=O) groups is 11. The number of halogens is 2. The third-order valence-electron chi connectivity index (χ3n) is 17.1. The molecular formula is C67H77F2N15O13S2. The summed E-state index contributed by atoms with van der Waals surface area (Å²) in [6.45, 7) is 0.384. The number of nitrogens with zero attached hydrogens (tertiary/aromatic N) is 2. The number of rotatable bonds is 13. The number of imidazole rings is 1. The first-order valence-electron chi connectivity index (χ1n) is 31.8. The molecule has 28 nitrogen and oxygen atoms in total. The Kier molecular flexibility index (Phi) is 24.9. The molecule has 17 N–H and O–H groups in total. The van der Waals surface area contributed by atoms with Crippen molar-refractivity contribution in [3.8, 4) is 5.75 Å². The Morgan fingerprint density at radius 2 is 1.25 bits per heavy atom. The van der Waals surface area contributed by atoms with Gasteiger partial charge in [0.1, 0.15) is 65.2 Å². The molecule has 1 saturated heterocycles. The van der Waals surface area contributed by atoms with E-state index in [-0.39, 0.29) is 74.1 Å². The third kappa shape index (κ3) is 19.7. The van der Waals surface area contributed by atoms with Gasteiger partial charge < -0.3 is 84.1 Å². The van der Waals surface area contributed by atoms with E-state index in [1.165, 1.54) is 115 Å². The molecule has 2 aliphatic heterocycles. The van der Waals surface area contributed by atoms with Crippen molar-refractivity contribution in [1.29, 1.82) is 0 Å². The van der Waals surface area contributed by atoms with Crippen molar-refractivity contribution >= 4 is 110 Å². The summed E-state index contributed by atoms with van der Waals surface area (Å²) < 4.78 is 29.7. The summed E-state index contributed by atoms with van der Waals surface area (Å²) >= 11 is 2.75. The van der Waals surface area contributed by atoms with Crippen molar-refractivity contribution in [2.24, 2.45) is 11.5 Å². The van der Waals surface area contributed by atoms with Crippen LogP contribution in [0.5, 0.6) is 5.75 Å². The van der Waals surface area contributed by atoms with Crippen LogP contribution in [0.3, 0.4) is 0 Å². The zero-order valence-corrected chi connectivity index (χ0v) is 55.4. The second kappa shape index (κ2) is 33.8. The van der Waals surface area contributed by atoms with E-state index in [0.29, 0.717) is 56.9 Å². The van der Waals surface area contributed by atoms with E-state index in [2.05, 4.69) is 62.5 Å². The summed E-state index contributed by atoms with van der Waals surface area (Å²) in [5.41, 5.74) is 14.3. The topological polar surface area (TPSA) is 440 Å². The van der Waals surface area contributed by atoms with Crippen LogP contribution in [0.15, 0.2) is 110 Å². The Bertz CT molecular complexity index is 4120. The number of phenols is 1. The van der Waals surface area contributed by atoms with Gasteiger partial charge in [0.25, 0.3) is 0 Å². The van der Waals surface area contributed by atoms with E-state index in [1.807, 2.05) is 24.3 Å². The first kappa shape index (κ1) is 72.9. The Balaban J connectivity index is 1.05. The highest BCUT2D eigenvalue weighted by Crippen LogP contribution is 2.32. The van der Waals surface area contributed by atoms with Crippen LogP contribution >= 0.6 is 23.5 Å². The van der Waals surface area contributed by atoms with Crippen LogP contribution in [0, 0.1) is 11.6 Å². The first-order chi connectivity index (χ1) is 47.4. The molecule has 2 bridgehead atoms. The molecule has 4 aromatic carbocycles. The Labute approximate surface area is 574 Å². The minimum absolute atomic E-state index is 0.0173. The number of aliphatic carboxylic acids is 1. The molecule has 0 radical (unpaired) electrons. The molecule has 5 heterocycles. The number of benzene rings is 4. The normalized spacial score (nSPS) is 22.9. The average Bonchev–Trinajstić information content (AvgIpc) is 1.49. The summed E-state index contributed by atoms with van der Waals surface area (Å²) in [5.74, 6) is -10.9. The van der Waals surface area contributed by atoms with Gasteiger partial charge in [0.15, 0.2) is 0 Å². The van der Waals surface area contributed by atoms with Crippen LogP contribution in [0.25, 0.3) is 21.8 Å². The lowest BCUT2D eigenvalue weighted by molar-refractivity contribution is -0.147. The lowest BCUT2D eigenvalue weighted by atomic mass is 9.95. The number of nitrogens with two attached hydrogens (primary N) is 2. The number of nitrogens with one attached hydrogen (secondary N) is 11. The molecule has 99 heavy (non-hydrogen) atoms. The van der Waals surface area contributed by atoms with Crippen LogP contribution in [-0.4, -0.2) is 179 Å². The fourth-order valence-electron chi connectivity index (χ4n) is 11.8. The fraction of sp³-hybridized carbons (Fsp3) is 0.373. The number of phenolic OH excluding ortho intramolecular Hbond substituents is 1. The summed E-state index contributed by atoms with van der Waals surface area (Å²) in [6, 6.07) is 9.80. The maximum absolute atomic E-state index is 15.2. The molecule has 0 unspecified atom stereocenters. The first-order valence-corrected chi connectivity index (χ1v) is 34.2. The van der Waals surface area contributed by atoms with Gasteiger partial charge in [0.05, 0.1) is 19.3 Å². The number of aromatic amines is 3. The molecule has 7 aromatic rings. The van der Waals surface area contributed by atoms with Gasteiger partial charge >= 0.3 is 5.97 Å². The number of H-pyrrole nitrogens is 3. The second-order valence-corrected chi connectivity index (χ2v) is 26.5. The van der Waals surface area contributed by atoms with Crippen molar-refractivity contribution in [1.82, 2.24) is 67.4 Å². The minimum atomic E-state index is -2.04. The highest BCUT2D eigenvalue weighted by atomic mass is 32.2. The monoisotopic (exact) mass is 1400 g/mol. The molecule has 10 amide bonds. The number of carbonyl (C=O) groups excluding carboxylic acids is 10. The Morgan fingerprint density at radius 3 is 1.87 bits per heavy atom. The van der Waals surface area contributed by atoms with Crippen LogP contribution in [0.2, 0.25) is 0 Å². The average molecular weight is 1400 g/mol. The number of carboxylic acid groups (broad SMARTS) is 1. The van der Waals surface area contributed by atoms with Crippen molar-refractivity contribution in [2.75, 3.05) is 31.1 Å². The SMILES string of the molecule is C[C@@]12CCCN1C(=O)[C@H](Cc1ccc(O)cc1)NC(=O)[C@H](CCc1cnc[nH]1)NC(=O)[C@H](CC(=O)O)NC(=O)[C@H](Cc1c[nH]c3ccc(F)cc13)NC(=O)[C@H](Cc1c[nH]c3ccc(F)cc13)NC(=O)CNC(=O)[C@H](CN)NC(=O)CCSCc1cccc(c1)CSC[C@@H](C(N)=O)NC2=O. The molecule has 1 fully saturated rings. The lowest BCUT2D eigenvalue weighted by Gasteiger charge is -2.37. The maximum atomic E-state index is 15.2. The van der Waals surface area contributed by atoms with Gasteiger partial charge in [-0.2, -0.15) is 23.5 Å². The molecule has 0 saturated carbocycles. The molecule has 524 valence electrons. The van der Waals surface area contributed by atoms with Crippen molar-refractivity contribution in [3.63, 3.8) is 0 Å². The lowest BCUT2D eigenvalue weighted by Crippen LogP contribution is -2.63. The third-order valence-corrected chi connectivity index (χ3v) is 19.3. The molecular weight excluding hydrogens is 1320 g/mol. The fourth-order valence-corrected chi connectivity index (χ4v) is 13.7. The molecule has 8 atom stereocenters. The van der Waals surface area contributed by atoms with Crippen LogP contribution in [0.4, 0.5) is 8.78 Å². The molecule has 0 spiro atoms. The van der Waals surface area contributed by atoms with E-state index in [4.69, 9.17) is 11.5 Å². The van der Waals surface area contributed by atoms with Gasteiger partial charge in [0.2, 0.25) is 59.1 Å². The number of thioether (sulfide) groups is 2. The van der Waals surface area contributed by atoms with Gasteiger partial charge in [-0.15, -0.1) is 0 Å². The highest BCUT2D eigenvalue weighted by molar-refractivity contribution is 7.98. The molecule has 2 aliphatic rings. The number of carboxylic acids is 1. The van der Waals surface area contributed by atoms with Gasteiger partial charge in [-0.05, 0) is 109 Å². The number of aromatic nitrogens is 4. The molecule has 32 heteroatoms. The van der Waals surface area contributed by atoms with E-state index in [9.17, 15) is 57.4 Å². The number of amides is 10. The zero-order valence-electron chi connectivity index (χ0n) is 53.8. The van der Waals surface area contributed by atoms with Gasteiger partial charge in [0, 0.05) is 108 Å². The number of aryl methyl sites for hydroxylation is 1. The van der Waals surface area contributed by atoms with Crippen LogP contribution in [-0.2, 0) is 89.9 Å². The smallest absolute Gasteiger partial charge is 0.305 e. The quantitative estimate of drug-likeness (QED) is 0.0776. The maximum Gasteiger partial charge on any atom is 0.305 e. The predicted octanol–water partition coefficient (Wildman–Crippen LogP) is 1.40. The highest BCUT2D eigenvalue weighted by Gasteiger charge is 2.48. The Hall–Kier alpha value is -10.3. The number of aromatic hydroxyl groups is 1. The molecule has 3 aromatic heterocycles. The molecule has 0 aliphatic carbocycles. The number of hydrogen-bond acceptors (Lipinski definition) is 16. The van der Waals surface area contributed by atoms with Gasteiger partial charge in [-0.3, -0.25) is 52.7 Å². The van der Waals surface area contributed by atoms with E-state index in [0.717, 1.165) is 17.2 Å². The summed E-state index contributed by atoms with van der Waals surface area (Å²) in [7, 11) is 0. The van der Waals surface area contributed by atoms with Crippen LogP contribution in [0.1, 0.15) is 72.5 Å².